The van der Waals surface area contributed by atoms with E-state index in [1.807, 2.05) is 31.2 Å². The Morgan fingerprint density at radius 2 is 1.80 bits per heavy atom. The highest BCUT2D eigenvalue weighted by atomic mass is 32.1. The molecule has 0 atom stereocenters. The Bertz CT molecular complexity index is 570. The summed E-state index contributed by atoms with van der Waals surface area (Å²) in [6.45, 7) is 2.00. The zero-order valence-corrected chi connectivity index (χ0v) is 12.1. The smallest absolute Gasteiger partial charge is 0.380 e. The first-order chi connectivity index (χ1) is 9.47. The van der Waals surface area contributed by atoms with Gasteiger partial charge in [-0.15, -0.1) is 11.3 Å². The van der Waals surface area contributed by atoms with E-state index in [0.717, 1.165) is 28.9 Å². The molecule has 0 aliphatic carbocycles. The van der Waals surface area contributed by atoms with Crippen molar-refractivity contribution in [3.63, 3.8) is 0 Å². The first-order valence-corrected chi connectivity index (χ1v) is 7.11. The summed E-state index contributed by atoms with van der Waals surface area (Å²) in [7, 11) is 1.40. The Morgan fingerprint density at radius 1 is 1.15 bits per heavy atom. The molecule has 108 valence electrons. The fourth-order valence-electron chi connectivity index (χ4n) is 2.07. The van der Waals surface area contributed by atoms with Gasteiger partial charge in [-0.2, -0.15) is 13.2 Å². The average molecular weight is 300 g/mol. The molecule has 0 aliphatic rings. The number of rotatable bonds is 4. The molecule has 0 saturated heterocycles. The van der Waals surface area contributed by atoms with Crippen LogP contribution >= 0.6 is 11.3 Å². The average Bonchev–Trinajstić information content (AvgIpc) is 2.83. The monoisotopic (exact) mass is 300 g/mol. The zero-order valence-electron chi connectivity index (χ0n) is 11.3. The van der Waals surface area contributed by atoms with Gasteiger partial charge in [-0.3, -0.25) is 0 Å². The van der Waals surface area contributed by atoms with Crippen molar-refractivity contribution in [2.24, 2.45) is 0 Å². The van der Waals surface area contributed by atoms with E-state index in [1.165, 1.54) is 7.11 Å². The van der Waals surface area contributed by atoms with Crippen LogP contribution in [0.4, 0.5) is 13.2 Å². The molecule has 0 radical (unpaired) electrons. The minimum absolute atomic E-state index is 0.0385. The number of ether oxygens (including phenoxy) is 1. The zero-order chi connectivity index (χ0) is 14.8. The molecular formula is C15H15F3OS. The second-order valence-electron chi connectivity index (χ2n) is 4.44. The fourth-order valence-corrected chi connectivity index (χ4v) is 3.03. The van der Waals surface area contributed by atoms with Gasteiger partial charge >= 0.3 is 6.18 Å². The predicted molar refractivity (Wildman–Crippen MR) is 74.8 cm³/mol. The number of alkyl halides is 3. The number of halogens is 3. The van der Waals surface area contributed by atoms with Gasteiger partial charge < -0.3 is 4.74 Å². The van der Waals surface area contributed by atoms with Crippen LogP contribution in [0, 0.1) is 0 Å². The lowest BCUT2D eigenvalue weighted by molar-refractivity contribution is -0.135. The van der Waals surface area contributed by atoms with Gasteiger partial charge in [0.1, 0.15) is 4.88 Å². The first-order valence-electron chi connectivity index (χ1n) is 6.23. The van der Waals surface area contributed by atoms with Crippen LogP contribution < -0.4 is 0 Å². The molecule has 0 unspecified atom stereocenters. The van der Waals surface area contributed by atoms with E-state index in [-0.39, 0.29) is 12.2 Å². The van der Waals surface area contributed by atoms with E-state index in [9.17, 15) is 13.2 Å². The summed E-state index contributed by atoms with van der Waals surface area (Å²) in [6.07, 6.45) is -3.43. The second-order valence-corrected chi connectivity index (χ2v) is 5.32. The number of methoxy groups -OCH3 is 1. The van der Waals surface area contributed by atoms with Crippen LogP contribution in [0.3, 0.4) is 0 Å². The van der Waals surface area contributed by atoms with Crippen molar-refractivity contribution in [1.82, 2.24) is 0 Å². The lowest BCUT2D eigenvalue weighted by Gasteiger charge is -2.10. The molecular weight excluding hydrogens is 285 g/mol. The van der Waals surface area contributed by atoms with Crippen LogP contribution in [0.5, 0.6) is 0 Å². The molecule has 0 saturated carbocycles. The van der Waals surface area contributed by atoms with Gasteiger partial charge in [-0.25, -0.2) is 0 Å². The van der Waals surface area contributed by atoms with Crippen molar-refractivity contribution in [3.8, 4) is 11.1 Å². The molecule has 0 bridgehead atoms. The number of hydrogen-bond donors (Lipinski definition) is 0. The van der Waals surface area contributed by atoms with Crippen LogP contribution in [0.15, 0.2) is 29.6 Å². The topological polar surface area (TPSA) is 9.23 Å². The number of hydrogen-bond acceptors (Lipinski definition) is 2. The van der Waals surface area contributed by atoms with Gasteiger partial charge in [0.2, 0.25) is 0 Å². The minimum Gasteiger partial charge on any atom is -0.380 e. The maximum atomic E-state index is 13.0. The summed E-state index contributed by atoms with van der Waals surface area (Å²) in [4.78, 5) is -0.575. The van der Waals surface area contributed by atoms with Gasteiger partial charge in [0.15, 0.2) is 0 Å². The largest absolute Gasteiger partial charge is 0.425 e. The molecule has 0 amide bonds. The summed E-state index contributed by atoms with van der Waals surface area (Å²) < 4.78 is 43.9. The molecule has 0 aliphatic heterocycles. The molecule has 1 aromatic carbocycles. The van der Waals surface area contributed by atoms with Crippen LogP contribution in [0.1, 0.15) is 22.9 Å². The highest BCUT2D eigenvalue weighted by Gasteiger charge is 2.36. The summed E-state index contributed by atoms with van der Waals surface area (Å²) in [6, 6.07) is 7.61. The highest BCUT2D eigenvalue weighted by Crippen LogP contribution is 2.41. The predicted octanol–water partition coefficient (Wildman–Crippen LogP) is 5.14. The van der Waals surface area contributed by atoms with Crippen molar-refractivity contribution >= 4 is 11.3 Å². The number of aryl methyl sites for hydroxylation is 1. The van der Waals surface area contributed by atoms with Crippen LogP contribution in [0.2, 0.25) is 0 Å². The molecule has 20 heavy (non-hydrogen) atoms. The summed E-state index contributed by atoms with van der Waals surface area (Å²) in [5.41, 5.74) is 2.77. The number of benzene rings is 1. The van der Waals surface area contributed by atoms with E-state index >= 15 is 0 Å². The molecule has 0 N–H and O–H groups in total. The lowest BCUT2D eigenvalue weighted by Crippen LogP contribution is -2.06. The Kier molecular flexibility index (Phi) is 4.50. The van der Waals surface area contributed by atoms with E-state index in [1.54, 1.807) is 5.38 Å². The quantitative estimate of drug-likeness (QED) is 0.759. The Hall–Kier alpha value is -1.33. The van der Waals surface area contributed by atoms with E-state index in [2.05, 4.69) is 0 Å². The van der Waals surface area contributed by atoms with E-state index in [0.29, 0.717) is 5.56 Å². The van der Waals surface area contributed by atoms with Gasteiger partial charge in [0.05, 0.1) is 6.61 Å². The summed E-state index contributed by atoms with van der Waals surface area (Å²) >= 11 is 0.723. The molecule has 0 fully saturated rings. The molecule has 0 spiro atoms. The SMILES string of the molecule is CCc1ccc(-c2csc(C(F)(F)F)c2COC)cc1. The first kappa shape index (κ1) is 15.1. The number of thiophene rings is 1. The summed E-state index contributed by atoms with van der Waals surface area (Å²) in [5, 5.41) is 1.55. The van der Waals surface area contributed by atoms with Crippen LogP contribution in [-0.4, -0.2) is 7.11 Å². The van der Waals surface area contributed by atoms with Gasteiger partial charge in [0, 0.05) is 12.7 Å². The summed E-state index contributed by atoms with van der Waals surface area (Å²) in [5.74, 6) is 0. The molecule has 1 heterocycles. The van der Waals surface area contributed by atoms with Gasteiger partial charge in [0.25, 0.3) is 0 Å². The van der Waals surface area contributed by atoms with Crippen molar-refractivity contribution in [1.29, 1.82) is 0 Å². The molecule has 1 nitrogen and oxygen atoms in total. The molecule has 2 rings (SSSR count). The Labute approximate surface area is 120 Å². The Balaban J connectivity index is 2.47. The maximum absolute atomic E-state index is 13.0. The molecule has 1 aromatic heterocycles. The van der Waals surface area contributed by atoms with Crippen molar-refractivity contribution in [2.75, 3.05) is 7.11 Å². The van der Waals surface area contributed by atoms with E-state index in [4.69, 9.17) is 4.74 Å². The third-order valence-corrected chi connectivity index (χ3v) is 4.18. The van der Waals surface area contributed by atoms with Crippen LogP contribution in [0.25, 0.3) is 11.1 Å². The van der Waals surface area contributed by atoms with Crippen molar-refractivity contribution in [3.05, 3.63) is 45.6 Å². The van der Waals surface area contributed by atoms with Gasteiger partial charge in [-0.1, -0.05) is 31.2 Å². The Morgan fingerprint density at radius 3 is 2.30 bits per heavy atom. The van der Waals surface area contributed by atoms with Crippen LogP contribution in [-0.2, 0) is 23.9 Å². The lowest BCUT2D eigenvalue weighted by atomic mass is 10.0. The van der Waals surface area contributed by atoms with Crippen molar-refractivity contribution in [2.45, 2.75) is 26.1 Å². The van der Waals surface area contributed by atoms with Crippen molar-refractivity contribution < 1.29 is 17.9 Å². The molecule has 5 heteroatoms. The fraction of sp³-hybridized carbons (Fsp3) is 0.333. The van der Waals surface area contributed by atoms with E-state index < -0.39 is 11.1 Å². The second kappa shape index (κ2) is 5.97. The normalized spacial score (nSPS) is 11.8. The maximum Gasteiger partial charge on any atom is 0.425 e. The van der Waals surface area contributed by atoms with Gasteiger partial charge in [-0.05, 0) is 28.5 Å². The third kappa shape index (κ3) is 3.04. The molecule has 2 aromatic rings. The minimum atomic E-state index is -4.33. The highest BCUT2D eigenvalue weighted by molar-refractivity contribution is 7.10. The third-order valence-electron chi connectivity index (χ3n) is 3.11. The standard InChI is InChI=1S/C15H15F3OS/c1-3-10-4-6-11(7-5-10)13-9-20-14(15(16,17)18)12(13)8-19-2/h4-7,9H,3,8H2,1-2H3.